The van der Waals surface area contributed by atoms with E-state index in [2.05, 4.69) is 10.3 Å². The minimum absolute atomic E-state index is 0.118. The van der Waals surface area contributed by atoms with Gasteiger partial charge in [-0.3, -0.25) is 14.6 Å². The van der Waals surface area contributed by atoms with E-state index in [1.165, 1.54) is 6.42 Å². The van der Waals surface area contributed by atoms with Gasteiger partial charge < -0.3 is 19.4 Å². The molecule has 0 saturated heterocycles. The Morgan fingerprint density at radius 2 is 1.89 bits per heavy atom. The lowest BCUT2D eigenvalue weighted by Gasteiger charge is -2.41. The number of nitrogens with one attached hydrogen (secondary N) is 1. The predicted octanol–water partition coefficient (Wildman–Crippen LogP) is 5.69. The van der Waals surface area contributed by atoms with Gasteiger partial charge in [-0.05, 0) is 64.3 Å². The summed E-state index contributed by atoms with van der Waals surface area (Å²) in [6, 6.07) is 11.4. The summed E-state index contributed by atoms with van der Waals surface area (Å²) in [4.78, 5) is 33.9. The number of hydrogen-bond donors (Lipinski definition) is 1. The number of nitrogens with zero attached hydrogens (tertiary/aromatic N) is 2. The van der Waals surface area contributed by atoms with Crippen molar-refractivity contribution >= 4 is 17.5 Å². The van der Waals surface area contributed by atoms with Crippen molar-refractivity contribution in [3.05, 3.63) is 65.6 Å². The van der Waals surface area contributed by atoms with Crippen LogP contribution in [0.5, 0.6) is 5.75 Å². The van der Waals surface area contributed by atoms with E-state index in [-0.39, 0.29) is 24.4 Å². The number of allylic oxidation sites excluding steroid dienone is 1. The number of hydrogen-bond acceptors (Lipinski definition) is 5. The molecule has 1 unspecified atom stereocenters. The second-order valence-electron chi connectivity index (χ2n) is 9.78. The summed E-state index contributed by atoms with van der Waals surface area (Å²) < 4.78 is 11.3. The van der Waals surface area contributed by atoms with Gasteiger partial charge in [0.2, 0.25) is 5.91 Å². The number of carbonyl (C=O) groups is 2. The van der Waals surface area contributed by atoms with Crippen LogP contribution in [0.4, 0.5) is 0 Å². The molecule has 1 aromatic heterocycles. The second kappa shape index (κ2) is 13.3. The molecule has 37 heavy (non-hydrogen) atoms. The number of rotatable bonds is 11. The van der Waals surface area contributed by atoms with Crippen LogP contribution >= 0.6 is 0 Å². The number of ether oxygens (including phenoxy) is 1. The van der Waals surface area contributed by atoms with Crippen molar-refractivity contribution in [2.75, 3.05) is 13.7 Å². The SMILES string of the molecule is CCOc1ccccc1CN(C(=O)/C(C)=C/C(=NC)c1ccco1)C(C)(CC)C(=O)NC1CCCCC1. The molecule has 1 heterocycles. The zero-order valence-electron chi connectivity index (χ0n) is 22.9. The number of para-hydroxylation sites is 1. The van der Waals surface area contributed by atoms with Gasteiger partial charge in [0.1, 0.15) is 17.0 Å². The Morgan fingerprint density at radius 1 is 1.16 bits per heavy atom. The highest BCUT2D eigenvalue weighted by molar-refractivity contribution is 6.11. The quantitative estimate of drug-likeness (QED) is 0.313. The van der Waals surface area contributed by atoms with E-state index in [9.17, 15) is 9.59 Å². The second-order valence-corrected chi connectivity index (χ2v) is 9.78. The molecule has 200 valence electrons. The van der Waals surface area contributed by atoms with Gasteiger partial charge in [0.25, 0.3) is 5.91 Å². The van der Waals surface area contributed by atoms with Gasteiger partial charge in [-0.2, -0.15) is 0 Å². The average molecular weight is 508 g/mol. The summed E-state index contributed by atoms with van der Waals surface area (Å²) in [5, 5.41) is 3.26. The monoisotopic (exact) mass is 507 g/mol. The zero-order valence-corrected chi connectivity index (χ0v) is 22.9. The predicted molar refractivity (Wildman–Crippen MR) is 147 cm³/mol. The van der Waals surface area contributed by atoms with Crippen LogP contribution in [0.3, 0.4) is 0 Å². The topological polar surface area (TPSA) is 84.1 Å². The number of aliphatic imine (C=N–C) groups is 1. The van der Waals surface area contributed by atoms with Gasteiger partial charge >= 0.3 is 0 Å². The number of furan rings is 1. The minimum Gasteiger partial charge on any atom is -0.494 e. The van der Waals surface area contributed by atoms with Crippen molar-refractivity contribution in [2.24, 2.45) is 4.99 Å². The first-order valence-electron chi connectivity index (χ1n) is 13.4. The molecule has 1 aromatic carbocycles. The van der Waals surface area contributed by atoms with Crippen molar-refractivity contribution in [3.63, 3.8) is 0 Å². The van der Waals surface area contributed by atoms with Crippen LogP contribution in [0, 0.1) is 0 Å². The Balaban J connectivity index is 1.99. The molecule has 2 amide bonds. The number of benzene rings is 1. The maximum absolute atomic E-state index is 14.1. The van der Waals surface area contributed by atoms with Gasteiger partial charge in [-0.1, -0.05) is 44.4 Å². The van der Waals surface area contributed by atoms with Crippen LogP contribution in [0.25, 0.3) is 0 Å². The Kier molecular flexibility index (Phi) is 10.1. The summed E-state index contributed by atoms with van der Waals surface area (Å²) in [5.74, 6) is 0.938. The Morgan fingerprint density at radius 3 is 2.51 bits per heavy atom. The third-order valence-electron chi connectivity index (χ3n) is 7.26. The zero-order chi connectivity index (χ0) is 26.8. The lowest BCUT2D eigenvalue weighted by atomic mass is 9.90. The van der Waals surface area contributed by atoms with E-state index < -0.39 is 5.54 Å². The van der Waals surface area contributed by atoms with Gasteiger partial charge in [0.15, 0.2) is 5.76 Å². The maximum Gasteiger partial charge on any atom is 0.250 e. The molecule has 0 aliphatic heterocycles. The normalized spacial score (nSPS) is 16.7. The molecule has 1 aliphatic carbocycles. The largest absolute Gasteiger partial charge is 0.494 e. The number of carbonyl (C=O) groups excluding carboxylic acids is 2. The van der Waals surface area contributed by atoms with E-state index >= 15 is 0 Å². The maximum atomic E-state index is 14.1. The molecule has 1 saturated carbocycles. The fraction of sp³-hybridized carbons (Fsp3) is 0.500. The molecule has 2 aromatic rings. The van der Waals surface area contributed by atoms with Crippen molar-refractivity contribution < 1.29 is 18.7 Å². The molecule has 1 aliphatic rings. The third kappa shape index (κ3) is 6.90. The molecule has 1 atom stereocenters. The molecule has 3 rings (SSSR count). The molecule has 0 radical (unpaired) electrons. The Labute approximate surface area is 221 Å². The molecular formula is C30H41N3O4. The highest BCUT2D eigenvalue weighted by Gasteiger charge is 2.42. The highest BCUT2D eigenvalue weighted by Crippen LogP contribution is 2.29. The molecule has 7 heteroatoms. The number of amides is 2. The van der Waals surface area contributed by atoms with E-state index in [1.807, 2.05) is 45.0 Å². The van der Waals surface area contributed by atoms with Crippen LogP contribution in [0.15, 0.2) is 63.7 Å². The van der Waals surface area contributed by atoms with E-state index in [0.29, 0.717) is 35.8 Å². The van der Waals surface area contributed by atoms with Crippen LogP contribution in [-0.4, -0.2) is 47.7 Å². The smallest absolute Gasteiger partial charge is 0.250 e. The standard InChI is InChI=1S/C30H41N3O4/c1-6-30(4,29(35)32-24-15-9-8-10-16-24)33(21-23-14-11-12-17-26(23)36-7-2)28(34)22(3)20-25(31-5)27-18-13-19-37-27/h11-14,17-20,24H,6-10,15-16,21H2,1-5H3,(H,32,35)/b22-20+,31-25?. The van der Waals surface area contributed by atoms with Gasteiger partial charge in [-0.25, -0.2) is 0 Å². The summed E-state index contributed by atoms with van der Waals surface area (Å²) >= 11 is 0. The van der Waals surface area contributed by atoms with Gasteiger partial charge in [-0.15, -0.1) is 0 Å². The lowest BCUT2D eigenvalue weighted by molar-refractivity contribution is -0.146. The first-order chi connectivity index (χ1) is 17.8. The first kappa shape index (κ1) is 28.2. The van der Waals surface area contributed by atoms with Crippen LogP contribution in [0.1, 0.15) is 77.5 Å². The van der Waals surface area contributed by atoms with E-state index in [0.717, 1.165) is 31.2 Å². The highest BCUT2D eigenvalue weighted by atomic mass is 16.5. The van der Waals surface area contributed by atoms with Crippen molar-refractivity contribution in [1.82, 2.24) is 10.2 Å². The fourth-order valence-corrected chi connectivity index (χ4v) is 4.78. The lowest BCUT2D eigenvalue weighted by Crippen LogP contribution is -2.60. The molecular weight excluding hydrogens is 466 g/mol. The van der Waals surface area contributed by atoms with Crippen molar-refractivity contribution in [1.29, 1.82) is 0 Å². The minimum atomic E-state index is -1.06. The third-order valence-corrected chi connectivity index (χ3v) is 7.26. The summed E-state index contributed by atoms with van der Waals surface area (Å²) in [6.45, 7) is 8.25. The molecule has 1 N–H and O–H groups in total. The summed E-state index contributed by atoms with van der Waals surface area (Å²) in [6.07, 6.45) is 9.16. The van der Waals surface area contributed by atoms with Crippen molar-refractivity contribution in [2.45, 2.75) is 84.3 Å². The molecule has 1 fully saturated rings. The van der Waals surface area contributed by atoms with Crippen LogP contribution in [0.2, 0.25) is 0 Å². The fourth-order valence-electron chi connectivity index (χ4n) is 4.78. The molecule has 7 nitrogen and oxygen atoms in total. The Bertz CT molecular complexity index is 1100. The van der Waals surface area contributed by atoms with Gasteiger partial charge in [0.05, 0.1) is 19.4 Å². The van der Waals surface area contributed by atoms with Crippen molar-refractivity contribution in [3.8, 4) is 5.75 Å². The van der Waals surface area contributed by atoms with E-state index in [1.54, 1.807) is 43.3 Å². The van der Waals surface area contributed by atoms with Crippen LogP contribution < -0.4 is 10.1 Å². The molecule has 0 spiro atoms. The van der Waals surface area contributed by atoms with Gasteiger partial charge in [0, 0.05) is 24.2 Å². The summed E-state index contributed by atoms with van der Waals surface area (Å²) in [5.41, 5.74) is 0.828. The summed E-state index contributed by atoms with van der Waals surface area (Å²) in [7, 11) is 1.66. The Hall–Kier alpha value is -3.35. The first-order valence-corrected chi connectivity index (χ1v) is 13.4. The van der Waals surface area contributed by atoms with Crippen LogP contribution in [-0.2, 0) is 16.1 Å². The average Bonchev–Trinajstić information content (AvgIpc) is 3.46. The molecule has 0 bridgehead atoms. The van der Waals surface area contributed by atoms with E-state index in [4.69, 9.17) is 9.15 Å².